The van der Waals surface area contributed by atoms with Crippen molar-refractivity contribution in [3.63, 3.8) is 0 Å². The molecule has 0 radical (unpaired) electrons. The maximum Gasteiger partial charge on any atom is 0.360 e. The van der Waals surface area contributed by atoms with Crippen LogP contribution in [-0.4, -0.2) is 35.9 Å². The number of rotatable bonds is 7. The number of nitrogens with one attached hydrogen (secondary N) is 2. The van der Waals surface area contributed by atoms with Gasteiger partial charge < -0.3 is 10.3 Å². The molecule has 3 rings (SSSR count). The molecule has 154 valence electrons. The lowest BCUT2D eigenvalue weighted by Gasteiger charge is -2.30. The molecule has 0 aliphatic heterocycles. The second kappa shape index (κ2) is 8.56. The molecule has 1 atom stereocenters. The Bertz CT molecular complexity index is 1110. The molecule has 0 fully saturated rings. The van der Waals surface area contributed by atoms with E-state index < -0.39 is 22.3 Å². The lowest BCUT2D eigenvalue weighted by Crippen LogP contribution is -2.52. The third-order valence-electron chi connectivity index (χ3n) is 4.43. The zero-order chi connectivity index (χ0) is 21.2. The van der Waals surface area contributed by atoms with E-state index in [1.165, 1.54) is 12.1 Å². The van der Waals surface area contributed by atoms with Gasteiger partial charge in [0.05, 0.1) is 5.69 Å². The van der Waals surface area contributed by atoms with Crippen LogP contribution in [0.4, 0.5) is 5.69 Å². The zero-order valence-corrected chi connectivity index (χ0v) is 18.4. The quantitative estimate of drug-likeness (QED) is 0.449. The van der Waals surface area contributed by atoms with Crippen molar-refractivity contribution < 1.29 is 17.8 Å². The maximum absolute atomic E-state index is 13.0. The number of hydrogen-bond acceptors (Lipinski definition) is 3. The molecule has 0 saturated carbocycles. The Balaban J connectivity index is 2.09. The summed E-state index contributed by atoms with van der Waals surface area (Å²) in [6.45, 7) is 3.58. The average molecular weight is 480 g/mol. The van der Waals surface area contributed by atoms with Crippen molar-refractivity contribution in [2.24, 2.45) is 0 Å². The van der Waals surface area contributed by atoms with Crippen molar-refractivity contribution in [1.29, 1.82) is 0 Å². The average Bonchev–Trinajstić information content (AvgIpc) is 3.04. The molecule has 1 amide bonds. The van der Waals surface area contributed by atoms with Gasteiger partial charge in [-0.15, -0.1) is 0 Å². The van der Waals surface area contributed by atoms with E-state index in [0.717, 1.165) is 25.2 Å². The van der Waals surface area contributed by atoms with Crippen LogP contribution in [0, 0.1) is 0 Å². The van der Waals surface area contributed by atoms with Gasteiger partial charge in [0, 0.05) is 34.0 Å². The lowest BCUT2D eigenvalue weighted by molar-refractivity contribution is -0.122. The van der Waals surface area contributed by atoms with Crippen LogP contribution < -0.4 is 9.62 Å². The monoisotopic (exact) mass is 479 g/mol. The summed E-state index contributed by atoms with van der Waals surface area (Å²) in [5.41, 5.74) is 1.85. The Morgan fingerprint density at radius 1 is 1.17 bits per heavy atom. The fourth-order valence-electron chi connectivity index (χ4n) is 3.23. The molecule has 29 heavy (non-hydrogen) atoms. The summed E-state index contributed by atoms with van der Waals surface area (Å²) >= 11 is 3.31. The number of anilines is 1. The number of hydrogen-bond donors (Lipinski definition) is 3. The molecule has 0 aliphatic carbocycles. The molecular formula is C20H22BrN3O4S. The molecular weight excluding hydrogens is 458 g/mol. The summed E-state index contributed by atoms with van der Waals surface area (Å²) in [4.78, 5) is 16.1. The molecule has 7 nitrogen and oxygen atoms in total. The SMILES string of the molecule is CC(C)NC(=O)[C@H](Cc1c[nH]c2ccccc12)N(c1ccc(Br)cc1)S(=O)(=O)O. The van der Waals surface area contributed by atoms with E-state index in [0.29, 0.717) is 0 Å². The van der Waals surface area contributed by atoms with Crippen LogP contribution >= 0.6 is 15.9 Å². The van der Waals surface area contributed by atoms with Gasteiger partial charge in [0.25, 0.3) is 0 Å². The van der Waals surface area contributed by atoms with Crippen LogP contribution in [0.1, 0.15) is 19.4 Å². The second-order valence-electron chi connectivity index (χ2n) is 6.99. The number of aromatic amines is 1. The summed E-state index contributed by atoms with van der Waals surface area (Å²) in [5, 5.41) is 3.65. The Morgan fingerprint density at radius 2 is 1.83 bits per heavy atom. The predicted octanol–water partition coefficient (Wildman–Crippen LogP) is 3.68. The summed E-state index contributed by atoms with van der Waals surface area (Å²) in [7, 11) is -4.72. The highest BCUT2D eigenvalue weighted by Gasteiger charge is 2.35. The van der Waals surface area contributed by atoms with Gasteiger partial charge in [0.15, 0.2) is 0 Å². The number of benzene rings is 2. The van der Waals surface area contributed by atoms with E-state index in [4.69, 9.17) is 0 Å². The molecule has 0 unspecified atom stereocenters. The highest BCUT2D eigenvalue weighted by molar-refractivity contribution is 9.10. The zero-order valence-electron chi connectivity index (χ0n) is 16.0. The van der Waals surface area contributed by atoms with Crippen LogP contribution in [0.25, 0.3) is 10.9 Å². The third kappa shape index (κ3) is 4.98. The number of para-hydroxylation sites is 1. The van der Waals surface area contributed by atoms with Gasteiger partial charge in [0.2, 0.25) is 5.91 Å². The highest BCUT2D eigenvalue weighted by atomic mass is 79.9. The molecule has 3 N–H and O–H groups in total. The van der Waals surface area contributed by atoms with Crippen molar-refractivity contribution in [2.45, 2.75) is 32.4 Å². The smallest absolute Gasteiger partial charge is 0.360 e. The van der Waals surface area contributed by atoms with Crippen LogP contribution in [0.2, 0.25) is 0 Å². The maximum atomic E-state index is 13.0. The predicted molar refractivity (Wildman–Crippen MR) is 117 cm³/mol. The van der Waals surface area contributed by atoms with E-state index in [1.807, 2.05) is 24.3 Å². The third-order valence-corrected chi connectivity index (χ3v) is 5.93. The number of carbonyl (C=O) groups is 1. The normalized spacial score (nSPS) is 12.9. The molecule has 0 aliphatic rings. The first-order valence-electron chi connectivity index (χ1n) is 9.04. The first-order chi connectivity index (χ1) is 13.7. The molecule has 0 spiro atoms. The van der Waals surface area contributed by atoms with Crippen molar-refractivity contribution >= 4 is 48.7 Å². The number of nitrogens with zero attached hydrogens (tertiary/aromatic N) is 1. The van der Waals surface area contributed by atoms with E-state index in [9.17, 15) is 17.8 Å². The van der Waals surface area contributed by atoms with Crippen molar-refractivity contribution in [1.82, 2.24) is 10.3 Å². The number of aromatic nitrogens is 1. The van der Waals surface area contributed by atoms with Crippen LogP contribution in [0.15, 0.2) is 59.2 Å². The van der Waals surface area contributed by atoms with Gasteiger partial charge in [-0.1, -0.05) is 34.1 Å². The van der Waals surface area contributed by atoms with Crippen LogP contribution in [-0.2, 0) is 21.5 Å². The summed E-state index contributed by atoms with van der Waals surface area (Å²) in [6, 6.07) is 12.6. The molecule has 0 saturated heterocycles. The first kappa shape index (κ1) is 21.4. The molecule has 0 bridgehead atoms. The summed E-state index contributed by atoms with van der Waals surface area (Å²) in [5.74, 6) is -0.495. The van der Waals surface area contributed by atoms with Gasteiger partial charge in [-0.2, -0.15) is 8.42 Å². The first-order valence-corrected chi connectivity index (χ1v) is 11.2. The number of halogens is 1. The number of amides is 1. The molecule has 1 heterocycles. The van der Waals surface area contributed by atoms with Gasteiger partial charge in [-0.05, 0) is 49.7 Å². The molecule has 9 heteroatoms. The largest absolute Gasteiger partial charge is 0.361 e. The van der Waals surface area contributed by atoms with E-state index in [-0.39, 0.29) is 18.2 Å². The van der Waals surface area contributed by atoms with Gasteiger partial charge in [-0.3, -0.25) is 9.35 Å². The van der Waals surface area contributed by atoms with Gasteiger partial charge in [0.1, 0.15) is 6.04 Å². The summed E-state index contributed by atoms with van der Waals surface area (Å²) in [6.07, 6.45) is 1.84. The molecule has 1 aromatic heterocycles. The van der Waals surface area contributed by atoms with Crippen LogP contribution in [0.5, 0.6) is 0 Å². The standard InChI is InChI=1S/C20H22BrN3O4S/c1-13(2)23-20(25)19(11-14-12-22-18-6-4-3-5-17(14)18)24(29(26,27)28)16-9-7-15(21)8-10-16/h3-10,12-13,19,22H,11H2,1-2H3,(H,23,25)(H,26,27,28)/t19-/m0/s1. The Morgan fingerprint density at radius 3 is 2.45 bits per heavy atom. The van der Waals surface area contributed by atoms with Crippen molar-refractivity contribution in [3.8, 4) is 0 Å². The lowest BCUT2D eigenvalue weighted by atomic mass is 10.0. The van der Waals surface area contributed by atoms with Crippen LogP contribution in [0.3, 0.4) is 0 Å². The minimum atomic E-state index is -4.72. The Labute approximate surface area is 178 Å². The molecule has 3 aromatic rings. The van der Waals surface area contributed by atoms with E-state index in [1.54, 1.807) is 32.2 Å². The van der Waals surface area contributed by atoms with E-state index >= 15 is 0 Å². The number of fused-ring (bicyclic) bond motifs is 1. The topological polar surface area (TPSA) is 103 Å². The fourth-order valence-corrected chi connectivity index (χ4v) is 4.38. The Hall–Kier alpha value is -2.36. The van der Waals surface area contributed by atoms with Crippen molar-refractivity contribution in [2.75, 3.05) is 4.31 Å². The Kier molecular flexibility index (Phi) is 6.30. The number of carbonyl (C=O) groups excluding carboxylic acids is 1. The molecule has 2 aromatic carbocycles. The minimum absolute atomic E-state index is 0.0818. The van der Waals surface area contributed by atoms with Gasteiger partial charge >= 0.3 is 10.3 Å². The minimum Gasteiger partial charge on any atom is -0.361 e. The van der Waals surface area contributed by atoms with E-state index in [2.05, 4.69) is 26.2 Å². The number of H-pyrrole nitrogens is 1. The summed E-state index contributed by atoms with van der Waals surface area (Å²) < 4.78 is 36.1. The fraction of sp³-hybridized carbons (Fsp3) is 0.250. The van der Waals surface area contributed by atoms with Gasteiger partial charge in [-0.25, -0.2) is 4.31 Å². The highest BCUT2D eigenvalue weighted by Crippen LogP contribution is 2.27. The van der Waals surface area contributed by atoms with Crippen molar-refractivity contribution in [3.05, 3.63) is 64.8 Å². The second-order valence-corrected chi connectivity index (χ2v) is 9.20.